The van der Waals surface area contributed by atoms with E-state index in [4.69, 9.17) is 13.0 Å². The summed E-state index contributed by atoms with van der Waals surface area (Å²) in [4.78, 5) is 0. The average molecular weight is 220 g/mol. The van der Waals surface area contributed by atoms with E-state index in [9.17, 15) is 0 Å². The molecule has 1 atom stereocenters. The fourth-order valence-electron chi connectivity index (χ4n) is 0. The first kappa shape index (κ1) is 10.1. The van der Waals surface area contributed by atoms with E-state index in [0.29, 0.717) is 0 Å². The molecule has 42 valence electrons. The molecule has 0 aromatic carbocycles. The van der Waals surface area contributed by atoms with Gasteiger partial charge >= 0.3 is 38.9 Å². The molecule has 0 aliphatic rings. The molecule has 0 aromatic heterocycles. The average Bonchev–Trinajstić information content (AvgIpc) is 0.722. The van der Waals surface area contributed by atoms with E-state index in [-0.39, 0.29) is 9.90 Å². The molecule has 6 heteroatoms. The second kappa shape index (κ2) is 3.06. The normalized spacial score (nSPS) is 9.83. The van der Waals surface area contributed by atoms with E-state index >= 15 is 0 Å². The first-order valence-corrected chi connectivity index (χ1v) is 3.79. The van der Waals surface area contributed by atoms with Crippen molar-refractivity contribution in [3.8, 4) is 0 Å². The first-order valence-electron chi connectivity index (χ1n) is 0.629. The van der Waals surface area contributed by atoms with Gasteiger partial charge in [0, 0.05) is 0 Å². The monoisotopic (exact) mass is 220 g/mol. The summed E-state index contributed by atoms with van der Waals surface area (Å²) >= 11 is 1.55. The van der Waals surface area contributed by atoms with Gasteiger partial charge in [-0.05, 0) is 0 Å². The van der Waals surface area contributed by atoms with E-state index in [1.807, 2.05) is 0 Å². The molecular formula is H3O3PPdS. The number of hydrogen-bond acceptors (Lipinski definition) is 3. The van der Waals surface area contributed by atoms with Gasteiger partial charge < -0.3 is 0 Å². The molecule has 6 heavy (non-hydrogen) atoms. The third-order valence-corrected chi connectivity index (χ3v) is 0. The number of hydrogen-bond donors (Lipinski definition) is 0. The molecule has 0 aromatic rings. The van der Waals surface area contributed by atoms with Crippen LogP contribution in [-0.4, -0.2) is 13.0 Å². The van der Waals surface area contributed by atoms with Crippen molar-refractivity contribution < 1.29 is 30.9 Å². The molecule has 0 rings (SSSR count). The summed E-state index contributed by atoms with van der Waals surface area (Å²) in [6, 6.07) is 0. The Kier molecular flexibility index (Phi) is 5.15. The van der Waals surface area contributed by atoms with Crippen molar-refractivity contribution in [2.24, 2.45) is 0 Å². The van der Waals surface area contributed by atoms with Crippen LogP contribution < -0.4 is 0 Å². The molecule has 0 fully saturated rings. The van der Waals surface area contributed by atoms with Crippen molar-refractivity contribution >= 4 is 17.8 Å². The standard InChI is InChI=1S/O3S.H3P.Pd/c1-4(2)3;;/h;1H3;/q-1;;+1. The van der Waals surface area contributed by atoms with Crippen LogP contribution in [0.15, 0.2) is 0 Å². The molecule has 0 radical (unpaired) electrons. The van der Waals surface area contributed by atoms with E-state index < -0.39 is 7.94 Å². The maximum Gasteiger partial charge on any atom is -0.153 e. The third kappa shape index (κ3) is 79.8. The quantitative estimate of drug-likeness (QED) is 0.301. The summed E-state index contributed by atoms with van der Waals surface area (Å²) in [7, 11) is -4.07. The van der Waals surface area contributed by atoms with Gasteiger partial charge in [-0.1, -0.05) is 0 Å². The molecule has 0 bridgehead atoms. The molecule has 0 aliphatic heterocycles. The minimum atomic E-state index is -4.07. The minimum Gasteiger partial charge on any atom is -0.153 e. The van der Waals surface area contributed by atoms with Gasteiger partial charge in [-0.3, -0.25) is 0 Å². The first-order chi connectivity index (χ1) is 2.00. The Bertz CT molecular complexity index is 94.0. The summed E-state index contributed by atoms with van der Waals surface area (Å²) in [5.74, 6) is 0. The maximum absolute atomic E-state index is 9.01. The molecule has 3 nitrogen and oxygen atoms in total. The molecule has 0 N–H and O–H groups in total. The van der Waals surface area contributed by atoms with E-state index in [0.717, 1.165) is 0 Å². The topological polar surface area (TPSA) is 57.2 Å². The van der Waals surface area contributed by atoms with E-state index in [2.05, 4.69) is 0 Å². The SMILES string of the molecule is O=[S](=O)([O-])[Pd+].P. The van der Waals surface area contributed by atoms with Crippen molar-refractivity contribution in [3.05, 3.63) is 0 Å². The van der Waals surface area contributed by atoms with Gasteiger partial charge in [-0.25, -0.2) is 0 Å². The molecule has 0 saturated heterocycles. The Morgan fingerprint density at radius 2 is 1.50 bits per heavy atom. The van der Waals surface area contributed by atoms with Crippen molar-refractivity contribution in [1.29, 1.82) is 0 Å². The Labute approximate surface area is 49.0 Å². The van der Waals surface area contributed by atoms with Crippen LogP contribution in [0.1, 0.15) is 0 Å². The van der Waals surface area contributed by atoms with Gasteiger partial charge in [0.25, 0.3) is 0 Å². The second-order valence-electron chi connectivity index (χ2n) is 0.362. The summed E-state index contributed by atoms with van der Waals surface area (Å²) in [6.45, 7) is 0. The fourth-order valence-corrected chi connectivity index (χ4v) is 0. The zero-order valence-corrected chi connectivity index (χ0v) is 6.44. The zero-order chi connectivity index (χ0) is 4.50. The maximum atomic E-state index is 9.01. The fraction of sp³-hybridized carbons (Fsp3) is 0. The van der Waals surface area contributed by atoms with Gasteiger partial charge in [0.05, 0.1) is 0 Å². The molecule has 0 saturated carbocycles. The van der Waals surface area contributed by atoms with Crippen LogP contribution in [0.25, 0.3) is 0 Å². The molecule has 0 heterocycles. The van der Waals surface area contributed by atoms with Crippen molar-refractivity contribution in [3.63, 3.8) is 0 Å². The number of rotatable bonds is 0. The van der Waals surface area contributed by atoms with Gasteiger partial charge in [0.2, 0.25) is 0 Å². The van der Waals surface area contributed by atoms with Crippen molar-refractivity contribution in [2.75, 3.05) is 0 Å². The molecular weight excluding hydrogens is 217 g/mol. The van der Waals surface area contributed by atoms with E-state index in [1.54, 1.807) is 17.9 Å². The van der Waals surface area contributed by atoms with E-state index in [1.165, 1.54) is 0 Å². The third-order valence-electron chi connectivity index (χ3n) is 0. The van der Waals surface area contributed by atoms with Gasteiger partial charge in [0.1, 0.15) is 0 Å². The molecule has 0 aliphatic carbocycles. The van der Waals surface area contributed by atoms with Crippen LogP contribution in [0.2, 0.25) is 0 Å². The largest absolute Gasteiger partial charge is 0.153 e. The zero-order valence-electron chi connectivity index (χ0n) is 2.66. The van der Waals surface area contributed by atoms with Crippen LogP contribution >= 0.6 is 9.90 Å². The van der Waals surface area contributed by atoms with Crippen LogP contribution in [0.3, 0.4) is 0 Å². The van der Waals surface area contributed by atoms with Gasteiger partial charge in [0.15, 0.2) is 0 Å². The summed E-state index contributed by atoms with van der Waals surface area (Å²) in [6.07, 6.45) is 0. The van der Waals surface area contributed by atoms with Gasteiger partial charge in [-0.15, -0.1) is 0 Å². The molecule has 0 amide bonds. The van der Waals surface area contributed by atoms with Crippen LogP contribution in [0, 0.1) is 0 Å². The van der Waals surface area contributed by atoms with Crippen LogP contribution in [-0.2, 0) is 25.9 Å². The summed E-state index contributed by atoms with van der Waals surface area (Å²) in [5, 5.41) is 0. The predicted octanol–water partition coefficient (Wildman–Crippen LogP) is -0.948. The summed E-state index contributed by atoms with van der Waals surface area (Å²) < 4.78 is 27.0. The molecule has 0 spiro atoms. The van der Waals surface area contributed by atoms with Crippen LogP contribution in [0.5, 0.6) is 0 Å². The Morgan fingerprint density at radius 1 is 1.50 bits per heavy atom. The predicted molar refractivity (Wildman–Crippen MR) is 20.8 cm³/mol. The Balaban J connectivity index is 0. The van der Waals surface area contributed by atoms with Crippen molar-refractivity contribution in [2.45, 2.75) is 0 Å². The summed E-state index contributed by atoms with van der Waals surface area (Å²) in [5.41, 5.74) is 0. The van der Waals surface area contributed by atoms with Crippen LogP contribution in [0.4, 0.5) is 0 Å². The minimum absolute atomic E-state index is 0. The molecule has 1 unspecified atom stereocenters. The van der Waals surface area contributed by atoms with Crippen molar-refractivity contribution in [1.82, 2.24) is 0 Å². The van der Waals surface area contributed by atoms with Gasteiger partial charge in [-0.2, -0.15) is 9.90 Å². The second-order valence-corrected chi connectivity index (χ2v) is 3.42. The smallest absolute Gasteiger partial charge is 0.153 e. The Morgan fingerprint density at radius 3 is 1.50 bits per heavy atom. The Hall–Kier alpha value is 1.00.